The van der Waals surface area contributed by atoms with E-state index in [0.29, 0.717) is 0 Å². The van der Waals surface area contributed by atoms with Crippen LogP contribution in [0.3, 0.4) is 0 Å². The van der Waals surface area contributed by atoms with E-state index in [1.165, 1.54) is 25.9 Å². The second kappa shape index (κ2) is 7.16. The predicted molar refractivity (Wildman–Crippen MR) is 71.7 cm³/mol. The molecule has 0 spiro atoms. The van der Waals surface area contributed by atoms with Crippen LogP contribution < -0.4 is 0 Å². The Bertz CT molecular complexity index is 218. The minimum absolute atomic E-state index is 0.785. The molecule has 1 nitrogen and oxygen atoms in total. The molecule has 0 saturated heterocycles. The first-order valence-electron chi connectivity index (χ1n) is 6.08. The van der Waals surface area contributed by atoms with Crippen molar-refractivity contribution in [2.24, 2.45) is 0 Å². The van der Waals surface area contributed by atoms with Crippen LogP contribution in [0.1, 0.15) is 34.6 Å². The number of ether oxygens (including phenoxy) is 1. The fraction of sp³-hybridized carbons (Fsp3) is 0.692. The predicted octanol–water partition coefficient (Wildman–Crippen LogP) is 4.53. The van der Waals surface area contributed by atoms with Gasteiger partial charge in [-0.1, -0.05) is 0 Å². The second-order valence-electron chi connectivity index (χ2n) is 3.99. The zero-order valence-electron chi connectivity index (χ0n) is 11.0. The summed E-state index contributed by atoms with van der Waals surface area (Å²) in [5.41, 5.74) is 1.27. The van der Waals surface area contributed by atoms with Crippen molar-refractivity contribution in [2.45, 2.75) is 50.4 Å². The molecule has 0 aliphatic rings. The molecule has 0 saturated carbocycles. The first-order valence-corrected chi connectivity index (χ1v) is 11.6. The average molecular weight is 271 g/mol. The summed E-state index contributed by atoms with van der Waals surface area (Å²) in [6.07, 6.45) is 1.95. The van der Waals surface area contributed by atoms with Crippen molar-refractivity contribution >= 4 is 13.3 Å². The van der Waals surface area contributed by atoms with Crippen LogP contribution in [0.25, 0.3) is 0 Å². The van der Waals surface area contributed by atoms with Gasteiger partial charge in [0, 0.05) is 0 Å². The van der Waals surface area contributed by atoms with E-state index in [9.17, 15) is 0 Å². The molecule has 0 aromatic heterocycles. The zero-order valence-corrected chi connectivity index (χ0v) is 13.1. The minimum atomic E-state index is -1.91. The topological polar surface area (TPSA) is 9.23 Å². The summed E-state index contributed by atoms with van der Waals surface area (Å²) in [5, 5.41) is 3.94. The molecule has 0 aliphatic carbocycles. The Kier molecular flexibility index (Phi) is 7.07. The second-order valence-corrected chi connectivity index (χ2v) is 14.8. The molecule has 2 heteroatoms. The van der Waals surface area contributed by atoms with Gasteiger partial charge in [0.25, 0.3) is 0 Å². The van der Waals surface area contributed by atoms with Gasteiger partial charge in [-0.15, -0.1) is 0 Å². The van der Waals surface area contributed by atoms with Crippen molar-refractivity contribution in [3.05, 3.63) is 22.8 Å². The van der Waals surface area contributed by atoms with Gasteiger partial charge in [-0.25, -0.2) is 0 Å². The van der Waals surface area contributed by atoms with E-state index >= 15 is 0 Å². The van der Waals surface area contributed by atoms with Gasteiger partial charge >= 0.3 is 97.8 Å². The average Bonchev–Trinajstić information content (AvgIpc) is 2.29. The Morgan fingerprint density at radius 1 is 1.13 bits per heavy atom. The van der Waals surface area contributed by atoms with E-state index in [0.717, 1.165) is 6.61 Å². The first kappa shape index (κ1) is 14.8. The molecule has 0 rings (SSSR count). The molecule has 0 unspecified atom stereocenters. The molecule has 0 aromatic carbocycles. The first-order chi connectivity index (χ1) is 7.11. The van der Waals surface area contributed by atoms with Crippen molar-refractivity contribution in [1.29, 1.82) is 0 Å². The van der Waals surface area contributed by atoms with Gasteiger partial charge in [-0.3, -0.25) is 0 Å². The standard InChI is InChI=1S/C13H26GeO/c1-7-12(6)13(15-11-5)14(8-2,9-3)10-4/h7H,1,8-11H2,2-6H3/b13-12+. The van der Waals surface area contributed by atoms with E-state index < -0.39 is 13.3 Å². The molecule has 0 heterocycles. The van der Waals surface area contributed by atoms with Crippen LogP contribution in [-0.4, -0.2) is 19.9 Å². The summed E-state index contributed by atoms with van der Waals surface area (Å²) in [6, 6.07) is 0. The number of hydrogen-bond donors (Lipinski definition) is 0. The molecule has 0 aromatic rings. The third kappa shape index (κ3) is 3.40. The van der Waals surface area contributed by atoms with Crippen LogP contribution in [0.4, 0.5) is 0 Å². The Balaban J connectivity index is 5.27. The Hall–Kier alpha value is -0.177. The zero-order chi connectivity index (χ0) is 11.9. The summed E-state index contributed by atoms with van der Waals surface area (Å²) < 4.78 is 7.26. The van der Waals surface area contributed by atoms with Crippen LogP contribution in [0.5, 0.6) is 0 Å². The van der Waals surface area contributed by atoms with Crippen molar-refractivity contribution in [2.75, 3.05) is 6.61 Å². The number of hydrogen-bond acceptors (Lipinski definition) is 1. The van der Waals surface area contributed by atoms with Crippen LogP contribution in [0, 0.1) is 0 Å². The quantitative estimate of drug-likeness (QED) is 0.375. The Morgan fingerprint density at radius 2 is 1.60 bits per heavy atom. The molecule has 88 valence electrons. The molecule has 0 radical (unpaired) electrons. The summed E-state index contributed by atoms with van der Waals surface area (Å²) in [5.74, 6) is 0. The molecule has 15 heavy (non-hydrogen) atoms. The summed E-state index contributed by atoms with van der Waals surface area (Å²) in [6.45, 7) is 15.8. The monoisotopic (exact) mass is 272 g/mol. The number of allylic oxidation sites excluding steroid dienone is 2. The van der Waals surface area contributed by atoms with Crippen molar-refractivity contribution in [3.8, 4) is 0 Å². The van der Waals surface area contributed by atoms with Crippen molar-refractivity contribution in [1.82, 2.24) is 0 Å². The Labute approximate surface area is 98.0 Å². The third-order valence-electron chi connectivity index (χ3n) is 3.47. The SMILES string of the molecule is C=C/C(C)=[C](/OCC)[Ge]([CH2]C)([CH2]C)[CH2]C. The van der Waals surface area contributed by atoms with Crippen LogP contribution in [0.15, 0.2) is 22.8 Å². The fourth-order valence-electron chi connectivity index (χ4n) is 2.15. The summed E-state index contributed by atoms with van der Waals surface area (Å²) in [4.78, 5) is 0. The van der Waals surface area contributed by atoms with E-state index in [4.69, 9.17) is 4.74 Å². The number of rotatable bonds is 7. The fourth-order valence-corrected chi connectivity index (χ4v) is 10.2. The van der Waals surface area contributed by atoms with Gasteiger partial charge in [0.1, 0.15) is 0 Å². The van der Waals surface area contributed by atoms with Gasteiger partial charge in [-0.05, 0) is 0 Å². The van der Waals surface area contributed by atoms with Gasteiger partial charge in [-0.2, -0.15) is 0 Å². The normalized spacial score (nSPS) is 13.4. The van der Waals surface area contributed by atoms with Crippen LogP contribution in [-0.2, 0) is 4.74 Å². The van der Waals surface area contributed by atoms with Gasteiger partial charge < -0.3 is 0 Å². The van der Waals surface area contributed by atoms with Gasteiger partial charge in [0.15, 0.2) is 0 Å². The summed E-state index contributed by atoms with van der Waals surface area (Å²) in [7, 11) is 0. The maximum atomic E-state index is 5.92. The molecule has 0 amide bonds. The molecule has 0 fully saturated rings. The van der Waals surface area contributed by atoms with Crippen molar-refractivity contribution < 1.29 is 4.74 Å². The van der Waals surface area contributed by atoms with E-state index in [-0.39, 0.29) is 0 Å². The van der Waals surface area contributed by atoms with E-state index in [1.807, 2.05) is 6.08 Å². The van der Waals surface area contributed by atoms with Crippen LogP contribution >= 0.6 is 0 Å². The molecular formula is C13H26GeO. The maximum absolute atomic E-state index is 5.92. The van der Waals surface area contributed by atoms with Crippen molar-refractivity contribution in [3.63, 3.8) is 0 Å². The van der Waals surface area contributed by atoms with Crippen LogP contribution in [0.2, 0.25) is 15.8 Å². The van der Waals surface area contributed by atoms with E-state index in [2.05, 4.69) is 41.2 Å². The molecular weight excluding hydrogens is 245 g/mol. The molecule has 0 atom stereocenters. The van der Waals surface area contributed by atoms with Gasteiger partial charge in [0.05, 0.1) is 0 Å². The third-order valence-corrected chi connectivity index (χ3v) is 15.1. The molecule has 0 aliphatic heterocycles. The van der Waals surface area contributed by atoms with Gasteiger partial charge in [0.2, 0.25) is 0 Å². The molecule has 0 bridgehead atoms. The summed E-state index contributed by atoms with van der Waals surface area (Å²) >= 11 is -1.91. The van der Waals surface area contributed by atoms with E-state index in [1.54, 1.807) is 0 Å². The molecule has 0 N–H and O–H groups in total. The Morgan fingerprint density at radius 3 is 1.87 bits per heavy atom.